The highest BCUT2D eigenvalue weighted by Crippen LogP contribution is 2.24. The SMILES string of the molecule is CCc1nn(C)c(CC(CC)CNCC(C)C)c1Cl. The Morgan fingerprint density at radius 3 is 2.42 bits per heavy atom. The van der Waals surface area contributed by atoms with E-state index in [1.54, 1.807) is 0 Å². The van der Waals surface area contributed by atoms with Crippen molar-refractivity contribution >= 4 is 11.6 Å². The van der Waals surface area contributed by atoms with Crippen LogP contribution in [0.5, 0.6) is 0 Å². The van der Waals surface area contributed by atoms with Gasteiger partial charge in [0.1, 0.15) is 0 Å². The molecule has 1 aromatic rings. The Balaban J connectivity index is 2.62. The molecule has 0 aliphatic heterocycles. The lowest BCUT2D eigenvalue weighted by atomic mass is 9.99. The van der Waals surface area contributed by atoms with Crippen LogP contribution in [0.4, 0.5) is 0 Å². The van der Waals surface area contributed by atoms with Crippen LogP contribution in [0.15, 0.2) is 0 Å². The number of aryl methyl sites for hydroxylation is 2. The third-order valence-corrected chi connectivity index (χ3v) is 3.98. The molecule has 0 aliphatic rings. The van der Waals surface area contributed by atoms with E-state index in [4.69, 9.17) is 11.6 Å². The molecule has 0 amide bonds. The molecule has 4 heteroatoms. The topological polar surface area (TPSA) is 29.9 Å². The zero-order valence-corrected chi connectivity index (χ0v) is 13.7. The summed E-state index contributed by atoms with van der Waals surface area (Å²) in [6, 6.07) is 0. The highest BCUT2D eigenvalue weighted by Gasteiger charge is 2.17. The minimum Gasteiger partial charge on any atom is -0.316 e. The summed E-state index contributed by atoms with van der Waals surface area (Å²) in [6.07, 6.45) is 3.06. The lowest BCUT2D eigenvalue weighted by Gasteiger charge is -2.17. The van der Waals surface area contributed by atoms with Crippen LogP contribution in [-0.4, -0.2) is 22.9 Å². The van der Waals surface area contributed by atoms with Crippen LogP contribution in [0.2, 0.25) is 5.02 Å². The second-order valence-electron chi connectivity index (χ2n) is 5.72. The molecule has 0 fully saturated rings. The highest BCUT2D eigenvalue weighted by atomic mass is 35.5. The van der Waals surface area contributed by atoms with E-state index >= 15 is 0 Å². The molecule has 0 saturated heterocycles. The van der Waals surface area contributed by atoms with Crippen molar-refractivity contribution in [1.29, 1.82) is 0 Å². The van der Waals surface area contributed by atoms with E-state index in [9.17, 15) is 0 Å². The van der Waals surface area contributed by atoms with E-state index in [1.165, 1.54) is 5.69 Å². The van der Waals surface area contributed by atoms with Crippen LogP contribution in [0, 0.1) is 11.8 Å². The molecule has 19 heavy (non-hydrogen) atoms. The van der Waals surface area contributed by atoms with Gasteiger partial charge in [0, 0.05) is 7.05 Å². The average Bonchev–Trinajstić information content (AvgIpc) is 2.64. The van der Waals surface area contributed by atoms with Crippen molar-refractivity contribution < 1.29 is 0 Å². The van der Waals surface area contributed by atoms with Gasteiger partial charge < -0.3 is 5.32 Å². The Morgan fingerprint density at radius 1 is 1.26 bits per heavy atom. The monoisotopic (exact) mass is 285 g/mol. The third-order valence-electron chi connectivity index (χ3n) is 3.55. The van der Waals surface area contributed by atoms with Crippen LogP contribution >= 0.6 is 11.6 Å². The van der Waals surface area contributed by atoms with Crippen LogP contribution in [0.1, 0.15) is 45.5 Å². The Hall–Kier alpha value is -0.540. The second kappa shape index (κ2) is 7.91. The fourth-order valence-electron chi connectivity index (χ4n) is 2.25. The lowest BCUT2D eigenvalue weighted by molar-refractivity contribution is 0.429. The van der Waals surface area contributed by atoms with Crippen molar-refractivity contribution in [3.8, 4) is 0 Å². The van der Waals surface area contributed by atoms with Crippen molar-refractivity contribution in [2.45, 2.75) is 47.0 Å². The van der Waals surface area contributed by atoms with Gasteiger partial charge in [0.2, 0.25) is 0 Å². The molecule has 1 aromatic heterocycles. The van der Waals surface area contributed by atoms with Gasteiger partial charge in [-0.05, 0) is 37.8 Å². The molecule has 0 bridgehead atoms. The number of hydrogen-bond donors (Lipinski definition) is 1. The first-order chi connectivity index (χ1) is 8.99. The quantitative estimate of drug-likeness (QED) is 0.793. The summed E-state index contributed by atoms with van der Waals surface area (Å²) in [5, 5.41) is 8.90. The van der Waals surface area contributed by atoms with E-state index in [0.29, 0.717) is 11.8 Å². The average molecular weight is 286 g/mol. The van der Waals surface area contributed by atoms with Crippen LogP contribution in [-0.2, 0) is 19.9 Å². The zero-order chi connectivity index (χ0) is 14.4. The predicted octanol–water partition coefficient (Wildman–Crippen LogP) is 3.45. The summed E-state index contributed by atoms with van der Waals surface area (Å²) in [5.74, 6) is 1.32. The minimum absolute atomic E-state index is 0.622. The molecule has 1 rings (SSSR count). The molecular weight excluding hydrogens is 258 g/mol. The Labute approximate surface area is 122 Å². The summed E-state index contributed by atoms with van der Waals surface area (Å²) in [5.41, 5.74) is 2.20. The van der Waals surface area contributed by atoms with E-state index in [2.05, 4.69) is 38.1 Å². The molecule has 1 atom stereocenters. The molecule has 0 aromatic carbocycles. The summed E-state index contributed by atoms with van der Waals surface area (Å²) in [7, 11) is 1.99. The molecular formula is C15H28ClN3. The number of halogens is 1. The molecule has 0 spiro atoms. The normalized spacial score (nSPS) is 13.2. The van der Waals surface area contributed by atoms with Gasteiger partial charge in [-0.15, -0.1) is 0 Å². The van der Waals surface area contributed by atoms with Crippen molar-refractivity contribution in [3.63, 3.8) is 0 Å². The van der Waals surface area contributed by atoms with Gasteiger partial charge in [0.05, 0.1) is 16.4 Å². The highest BCUT2D eigenvalue weighted by molar-refractivity contribution is 6.31. The number of aromatic nitrogens is 2. The number of rotatable bonds is 8. The minimum atomic E-state index is 0.622. The Bertz CT molecular complexity index is 385. The van der Waals surface area contributed by atoms with Gasteiger partial charge in [-0.3, -0.25) is 4.68 Å². The smallest absolute Gasteiger partial charge is 0.0849 e. The van der Waals surface area contributed by atoms with E-state index < -0.39 is 0 Å². The molecule has 1 N–H and O–H groups in total. The molecule has 1 heterocycles. The first kappa shape index (κ1) is 16.5. The van der Waals surface area contributed by atoms with Crippen LogP contribution in [0.25, 0.3) is 0 Å². The van der Waals surface area contributed by atoms with Gasteiger partial charge in [-0.2, -0.15) is 5.10 Å². The van der Waals surface area contributed by atoms with Crippen molar-refractivity contribution in [3.05, 3.63) is 16.4 Å². The van der Waals surface area contributed by atoms with Crippen LogP contribution < -0.4 is 5.32 Å². The number of hydrogen-bond acceptors (Lipinski definition) is 2. The molecule has 0 aliphatic carbocycles. The van der Waals surface area contributed by atoms with Crippen LogP contribution in [0.3, 0.4) is 0 Å². The summed E-state index contributed by atoms with van der Waals surface area (Å²) in [4.78, 5) is 0. The van der Waals surface area contributed by atoms with E-state index in [0.717, 1.165) is 43.1 Å². The van der Waals surface area contributed by atoms with Crippen molar-refractivity contribution in [2.75, 3.05) is 13.1 Å². The molecule has 0 saturated carbocycles. The molecule has 0 radical (unpaired) electrons. The summed E-state index contributed by atoms with van der Waals surface area (Å²) in [6.45, 7) is 10.9. The third kappa shape index (κ3) is 4.81. The fourth-order valence-corrected chi connectivity index (χ4v) is 2.62. The van der Waals surface area contributed by atoms with E-state index in [1.807, 2.05) is 11.7 Å². The maximum Gasteiger partial charge on any atom is 0.0849 e. The van der Waals surface area contributed by atoms with Gasteiger partial charge >= 0.3 is 0 Å². The fraction of sp³-hybridized carbons (Fsp3) is 0.800. The second-order valence-corrected chi connectivity index (χ2v) is 6.09. The van der Waals surface area contributed by atoms with Crippen molar-refractivity contribution in [1.82, 2.24) is 15.1 Å². The number of nitrogens with one attached hydrogen (secondary N) is 1. The first-order valence-corrected chi connectivity index (χ1v) is 7.78. The van der Waals surface area contributed by atoms with E-state index in [-0.39, 0.29) is 0 Å². The Kier molecular flexibility index (Phi) is 6.87. The molecule has 1 unspecified atom stereocenters. The summed E-state index contributed by atoms with van der Waals surface area (Å²) >= 11 is 6.41. The van der Waals surface area contributed by atoms with Crippen molar-refractivity contribution in [2.24, 2.45) is 18.9 Å². The molecule has 110 valence electrons. The van der Waals surface area contributed by atoms with Gasteiger partial charge in [-0.25, -0.2) is 0 Å². The predicted molar refractivity (Wildman–Crippen MR) is 82.8 cm³/mol. The Morgan fingerprint density at radius 2 is 1.95 bits per heavy atom. The number of nitrogens with zero attached hydrogens (tertiary/aromatic N) is 2. The van der Waals surface area contributed by atoms with Gasteiger partial charge in [0.25, 0.3) is 0 Å². The maximum atomic E-state index is 6.41. The summed E-state index contributed by atoms with van der Waals surface area (Å²) < 4.78 is 1.95. The molecule has 3 nitrogen and oxygen atoms in total. The largest absolute Gasteiger partial charge is 0.316 e. The lowest BCUT2D eigenvalue weighted by Crippen LogP contribution is -2.27. The van der Waals surface area contributed by atoms with Gasteiger partial charge in [-0.1, -0.05) is 45.7 Å². The maximum absolute atomic E-state index is 6.41. The first-order valence-electron chi connectivity index (χ1n) is 7.40. The van der Waals surface area contributed by atoms with Gasteiger partial charge in [0.15, 0.2) is 0 Å². The standard InChI is InChI=1S/C15H28ClN3/c1-6-12(10-17-9-11(3)4)8-14-15(16)13(7-2)18-19(14)5/h11-12,17H,6-10H2,1-5H3. The zero-order valence-electron chi connectivity index (χ0n) is 13.0.